The van der Waals surface area contributed by atoms with Gasteiger partial charge in [-0.3, -0.25) is 14.2 Å². The topological polar surface area (TPSA) is 64.0 Å². The molecule has 0 aliphatic carbocycles. The Bertz CT molecular complexity index is 1130. The molecule has 152 valence electrons. The van der Waals surface area contributed by atoms with Crippen LogP contribution in [0.1, 0.15) is 13.8 Å². The van der Waals surface area contributed by atoms with Gasteiger partial charge in [0.2, 0.25) is 5.91 Å². The van der Waals surface area contributed by atoms with Gasteiger partial charge in [0.05, 0.1) is 22.3 Å². The number of amides is 1. The van der Waals surface area contributed by atoms with Crippen molar-refractivity contribution in [2.45, 2.75) is 25.5 Å². The molecular formula is C20H18ClF2N3O2S. The number of hydrogen-bond acceptors (Lipinski definition) is 4. The molecule has 9 heteroatoms. The molecule has 5 nitrogen and oxygen atoms in total. The number of hydrogen-bond donors (Lipinski definition) is 1. The lowest BCUT2D eigenvalue weighted by atomic mass is 10.2. The van der Waals surface area contributed by atoms with Crippen LogP contribution in [-0.2, 0) is 11.3 Å². The number of benzene rings is 2. The van der Waals surface area contributed by atoms with Gasteiger partial charge in [0.25, 0.3) is 5.56 Å². The standard InChI is InChI=1S/C20H18ClF2N3O2S/c1-11(2)9-26-19(28)14-7-12(21)3-5-16(14)25-20(26)29-10-18(27)24-17-6-4-13(22)8-15(17)23/h3-8,11H,9-10H2,1-2H3,(H,24,27). The molecule has 1 amide bonds. The number of nitrogens with zero attached hydrogens (tertiary/aromatic N) is 2. The van der Waals surface area contributed by atoms with E-state index in [1.54, 1.807) is 18.2 Å². The second-order valence-electron chi connectivity index (χ2n) is 6.83. The number of rotatable bonds is 6. The lowest BCUT2D eigenvalue weighted by Crippen LogP contribution is -2.26. The summed E-state index contributed by atoms with van der Waals surface area (Å²) in [6, 6.07) is 7.76. The van der Waals surface area contributed by atoms with Crippen molar-refractivity contribution in [1.29, 1.82) is 0 Å². The van der Waals surface area contributed by atoms with Crippen LogP contribution in [0.5, 0.6) is 0 Å². The minimum Gasteiger partial charge on any atom is -0.323 e. The highest BCUT2D eigenvalue weighted by Gasteiger charge is 2.15. The lowest BCUT2D eigenvalue weighted by Gasteiger charge is -2.15. The molecule has 0 atom stereocenters. The van der Waals surface area contributed by atoms with Crippen LogP contribution >= 0.6 is 23.4 Å². The van der Waals surface area contributed by atoms with Gasteiger partial charge in [-0.2, -0.15) is 0 Å². The number of fused-ring (bicyclic) bond motifs is 1. The summed E-state index contributed by atoms with van der Waals surface area (Å²) in [5.74, 6) is -2.01. The zero-order valence-electron chi connectivity index (χ0n) is 15.7. The van der Waals surface area contributed by atoms with Gasteiger partial charge in [-0.1, -0.05) is 37.2 Å². The number of carbonyl (C=O) groups excluding carboxylic acids is 1. The predicted octanol–water partition coefficient (Wildman–Crippen LogP) is 4.71. The molecule has 0 bridgehead atoms. The quantitative estimate of drug-likeness (QED) is 0.448. The summed E-state index contributed by atoms with van der Waals surface area (Å²) >= 11 is 7.07. The van der Waals surface area contributed by atoms with Gasteiger partial charge in [-0.05, 0) is 36.2 Å². The lowest BCUT2D eigenvalue weighted by molar-refractivity contribution is -0.113. The number of halogens is 3. The molecule has 29 heavy (non-hydrogen) atoms. The van der Waals surface area contributed by atoms with Crippen LogP contribution in [0.25, 0.3) is 10.9 Å². The summed E-state index contributed by atoms with van der Waals surface area (Å²) in [6.07, 6.45) is 0. The summed E-state index contributed by atoms with van der Waals surface area (Å²) in [6.45, 7) is 4.35. The van der Waals surface area contributed by atoms with E-state index in [1.165, 1.54) is 4.57 Å². The Morgan fingerprint density at radius 1 is 1.24 bits per heavy atom. The van der Waals surface area contributed by atoms with Gasteiger partial charge in [0.15, 0.2) is 5.16 Å². The summed E-state index contributed by atoms with van der Waals surface area (Å²) < 4.78 is 28.2. The molecule has 0 saturated heterocycles. The van der Waals surface area contributed by atoms with E-state index in [0.29, 0.717) is 33.7 Å². The molecule has 0 spiro atoms. The second kappa shape index (κ2) is 8.92. The van der Waals surface area contributed by atoms with Gasteiger partial charge >= 0.3 is 0 Å². The molecule has 1 heterocycles. The van der Waals surface area contributed by atoms with Crippen molar-refractivity contribution in [2.75, 3.05) is 11.1 Å². The van der Waals surface area contributed by atoms with E-state index < -0.39 is 17.5 Å². The Labute approximate surface area is 175 Å². The molecule has 0 unspecified atom stereocenters. The molecule has 3 aromatic rings. The maximum Gasteiger partial charge on any atom is 0.262 e. The van der Waals surface area contributed by atoms with Crippen LogP contribution in [0.3, 0.4) is 0 Å². The fourth-order valence-electron chi connectivity index (χ4n) is 2.72. The maximum atomic E-state index is 13.7. The molecule has 0 aliphatic heterocycles. The highest BCUT2D eigenvalue weighted by atomic mass is 35.5. The average Bonchev–Trinajstić information content (AvgIpc) is 2.65. The van der Waals surface area contributed by atoms with Gasteiger partial charge in [-0.15, -0.1) is 0 Å². The summed E-state index contributed by atoms with van der Waals surface area (Å²) in [4.78, 5) is 29.6. The SMILES string of the molecule is CC(C)Cn1c(SCC(=O)Nc2ccc(F)cc2F)nc2ccc(Cl)cc2c1=O. The third-order valence-electron chi connectivity index (χ3n) is 3.97. The molecule has 3 rings (SSSR count). The zero-order chi connectivity index (χ0) is 21.1. The largest absolute Gasteiger partial charge is 0.323 e. The molecule has 2 aromatic carbocycles. The predicted molar refractivity (Wildman–Crippen MR) is 112 cm³/mol. The number of nitrogens with one attached hydrogen (secondary N) is 1. The maximum absolute atomic E-state index is 13.7. The first-order valence-electron chi connectivity index (χ1n) is 8.82. The monoisotopic (exact) mass is 437 g/mol. The molecule has 0 radical (unpaired) electrons. The normalized spacial score (nSPS) is 11.2. The fourth-order valence-corrected chi connectivity index (χ4v) is 3.70. The van der Waals surface area contributed by atoms with E-state index in [-0.39, 0.29) is 22.9 Å². The van der Waals surface area contributed by atoms with E-state index in [9.17, 15) is 18.4 Å². The number of aromatic nitrogens is 2. The van der Waals surface area contributed by atoms with Crippen LogP contribution < -0.4 is 10.9 Å². The fraction of sp³-hybridized carbons (Fsp3) is 0.250. The van der Waals surface area contributed by atoms with E-state index in [2.05, 4.69) is 10.3 Å². The minimum absolute atomic E-state index is 0.0968. The summed E-state index contributed by atoms with van der Waals surface area (Å²) in [5.41, 5.74) is 0.128. The van der Waals surface area contributed by atoms with Crippen molar-refractivity contribution in [3.05, 3.63) is 63.4 Å². The van der Waals surface area contributed by atoms with E-state index in [1.807, 2.05) is 13.8 Å². The number of carbonyl (C=O) groups is 1. The Kier molecular flexibility index (Phi) is 6.54. The van der Waals surface area contributed by atoms with Gasteiger partial charge in [0, 0.05) is 17.6 Å². The average molecular weight is 438 g/mol. The Hall–Kier alpha value is -2.45. The Morgan fingerprint density at radius 2 is 2.00 bits per heavy atom. The first-order valence-corrected chi connectivity index (χ1v) is 10.2. The highest BCUT2D eigenvalue weighted by Crippen LogP contribution is 2.22. The van der Waals surface area contributed by atoms with E-state index in [4.69, 9.17) is 11.6 Å². The van der Waals surface area contributed by atoms with Gasteiger partial charge in [0.1, 0.15) is 11.6 Å². The number of anilines is 1. The van der Waals surface area contributed by atoms with Gasteiger partial charge < -0.3 is 5.32 Å². The number of thioether (sulfide) groups is 1. The van der Waals surface area contributed by atoms with Crippen molar-refractivity contribution in [3.8, 4) is 0 Å². The van der Waals surface area contributed by atoms with Crippen LogP contribution in [0.15, 0.2) is 46.3 Å². The van der Waals surface area contributed by atoms with Crippen molar-refractivity contribution in [1.82, 2.24) is 9.55 Å². The van der Waals surface area contributed by atoms with Crippen LogP contribution in [0.2, 0.25) is 5.02 Å². The third kappa shape index (κ3) is 5.13. The Morgan fingerprint density at radius 3 is 2.69 bits per heavy atom. The first kappa shape index (κ1) is 21.3. The van der Waals surface area contributed by atoms with Crippen molar-refractivity contribution in [2.24, 2.45) is 5.92 Å². The minimum atomic E-state index is -0.860. The molecule has 0 aliphatic rings. The smallest absolute Gasteiger partial charge is 0.262 e. The first-order chi connectivity index (χ1) is 13.7. The van der Waals surface area contributed by atoms with Crippen LogP contribution in [-0.4, -0.2) is 21.2 Å². The molecule has 1 aromatic heterocycles. The molecule has 0 saturated carbocycles. The second-order valence-corrected chi connectivity index (χ2v) is 8.21. The van der Waals surface area contributed by atoms with Crippen LogP contribution in [0.4, 0.5) is 14.5 Å². The Balaban J connectivity index is 1.85. The van der Waals surface area contributed by atoms with E-state index in [0.717, 1.165) is 23.9 Å². The zero-order valence-corrected chi connectivity index (χ0v) is 17.3. The summed E-state index contributed by atoms with van der Waals surface area (Å²) in [5, 5.41) is 3.62. The third-order valence-corrected chi connectivity index (χ3v) is 5.18. The van der Waals surface area contributed by atoms with E-state index >= 15 is 0 Å². The van der Waals surface area contributed by atoms with Gasteiger partial charge in [-0.25, -0.2) is 13.8 Å². The molecule has 1 N–H and O–H groups in total. The van der Waals surface area contributed by atoms with Crippen molar-refractivity contribution < 1.29 is 13.6 Å². The molecule has 0 fully saturated rings. The van der Waals surface area contributed by atoms with Crippen molar-refractivity contribution in [3.63, 3.8) is 0 Å². The molecular weight excluding hydrogens is 420 g/mol. The van der Waals surface area contributed by atoms with Crippen LogP contribution in [0, 0.1) is 17.6 Å². The highest BCUT2D eigenvalue weighted by molar-refractivity contribution is 7.99. The van der Waals surface area contributed by atoms with Crippen molar-refractivity contribution >= 4 is 45.9 Å². The summed E-state index contributed by atoms with van der Waals surface area (Å²) in [7, 11) is 0.